The smallest absolute Gasteiger partial charge is 0.251 e. The third kappa shape index (κ3) is 4.40. The molecular formula is C21H24FNO6. The molecule has 0 saturated carbocycles. The van der Waals surface area contributed by atoms with E-state index in [1.54, 1.807) is 44.3 Å². The lowest BCUT2D eigenvalue weighted by Crippen LogP contribution is -2.58. The highest BCUT2D eigenvalue weighted by molar-refractivity contribution is 5.95. The number of carbonyl (C=O) groups excluding carboxylic acids is 1. The first-order valence-electron chi connectivity index (χ1n) is 9.22. The number of halogens is 1. The van der Waals surface area contributed by atoms with Crippen LogP contribution < -0.4 is 10.1 Å². The van der Waals surface area contributed by atoms with Gasteiger partial charge in [-0.3, -0.25) is 4.79 Å². The standard InChI is InChI=1S/C21H24FNO6/c1-11-8-13(12-4-3-5-14(9-12)20(27)23-2)6-7-15(11)28-21-17(22)19(26)18(25)16(10-24)29-21/h3-9,16-19,21,24-26H,10H2,1-2H3,(H,23,27)/t16-,17-,18-,19-,21+/m1/s1. The van der Waals surface area contributed by atoms with E-state index >= 15 is 0 Å². The Bertz CT molecular complexity index is 874. The van der Waals surface area contributed by atoms with E-state index in [-0.39, 0.29) is 5.91 Å². The summed E-state index contributed by atoms with van der Waals surface area (Å²) in [7, 11) is 1.56. The van der Waals surface area contributed by atoms with Crippen molar-refractivity contribution in [1.82, 2.24) is 5.32 Å². The van der Waals surface area contributed by atoms with Crippen molar-refractivity contribution in [1.29, 1.82) is 0 Å². The molecule has 8 heteroatoms. The van der Waals surface area contributed by atoms with Gasteiger partial charge in [0.15, 0.2) is 6.17 Å². The first kappa shape index (κ1) is 21.2. The molecule has 1 fully saturated rings. The first-order chi connectivity index (χ1) is 13.8. The topological polar surface area (TPSA) is 108 Å². The highest BCUT2D eigenvalue weighted by Gasteiger charge is 2.46. The van der Waals surface area contributed by atoms with Gasteiger partial charge in [-0.15, -0.1) is 0 Å². The SMILES string of the molecule is CNC(=O)c1cccc(-c2ccc(O[C@H]3O[C@H](CO)[C@@H](O)[C@H](O)[C@H]3F)c(C)c2)c1. The molecule has 0 aromatic heterocycles. The van der Waals surface area contributed by atoms with E-state index in [1.165, 1.54) is 0 Å². The largest absolute Gasteiger partial charge is 0.461 e. The molecule has 2 aromatic carbocycles. The summed E-state index contributed by atoms with van der Waals surface area (Å²) in [5.74, 6) is 0.148. The molecule has 7 nitrogen and oxygen atoms in total. The molecular weight excluding hydrogens is 381 g/mol. The quantitative estimate of drug-likeness (QED) is 0.595. The summed E-state index contributed by atoms with van der Waals surface area (Å²) in [6.45, 7) is 1.19. The van der Waals surface area contributed by atoms with E-state index < -0.39 is 37.4 Å². The van der Waals surface area contributed by atoms with Gasteiger partial charge >= 0.3 is 0 Å². The number of alkyl halides is 1. The van der Waals surface area contributed by atoms with Crippen LogP contribution in [0.4, 0.5) is 4.39 Å². The molecule has 1 aliphatic rings. The zero-order valence-corrected chi connectivity index (χ0v) is 16.1. The second kappa shape index (κ2) is 8.87. The van der Waals surface area contributed by atoms with Crippen molar-refractivity contribution in [3.63, 3.8) is 0 Å². The molecule has 0 radical (unpaired) electrons. The zero-order valence-electron chi connectivity index (χ0n) is 16.1. The van der Waals surface area contributed by atoms with Gasteiger partial charge in [0.2, 0.25) is 6.29 Å². The summed E-state index contributed by atoms with van der Waals surface area (Å²) in [5.41, 5.74) is 2.88. The van der Waals surface area contributed by atoms with Gasteiger partial charge in [-0.2, -0.15) is 0 Å². The van der Waals surface area contributed by atoms with E-state index in [0.29, 0.717) is 16.9 Å². The number of amides is 1. The highest BCUT2D eigenvalue weighted by Crippen LogP contribution is 2.31. The Morgan fingerprint density at radius 2 is 1.90 bits per heavy atom. The minimum atomic E-state index is -1.98. The second-order valence-corrected chi connectivity index (χ2v) is 6.91. The van der Waals surface area contributed by atoms with Crippen molar-refractivity contribution in [2.75, 3.05) is 13.7 Å². The number of aliphatic hydroxyl groups is 3. The average Bonchev–Trinajstić information content (AvgIpc) is 2.74. The third-order valence-electron chi connectivity index (χ3n) is 4.91. The number of benzene rings is 2. The van der Waals surface area contributed by atoms with Crippen LogP contribution in [-0.2, 0) is 4.74 Å². The number of nitrogens with one attached hydrogen (secondary N) is 1. The minimum absolute atomic E-state index is 0.189. The van der Waals surface area contributed by atoms with Crippen LogP contribution in [0, 0.1) is 6.92 Å². The van der Waals surface area contributed by atoms with Gasteiger partial charge in [-0.05, 0) is 47.9 Å². The lowest BCUT2D eigenvalue weighted by Gasteiger charge is -2.38. The molecule has 156 valence electrons. The third-order valence-corrected chi connectivity index (χ3v) is 4.91. The van der Waals surface area contributed by atoms with Crippen molar-refractivity contribution in [2.24, 2.45) is 0 Å². The highest BCUT2D eigenvalue weighted by atomic mass is 19.1. The van der Waals surface area contributed by atoms with Crippen molar-refractivity contribution < 1.29 is 34.0 Å². The number of hydrogen-bond donors (Lipinski definition) is 4. The summed E-state index contributed by atoms with van der Waals surface area (Å²) in [5, 5.41) is 31.4. The summed E-state index contributed by atoms with van der Waals surface area (Å²) >= 11 is 0. The number of carbonyl (C=O) groups is 1. The van der Waals surface area contributed by atoms with Gasteiger partial charge in [0.1, 0.15) is 24.1 Å². The van der Waals surface area contributed by atoms with Gasteiger partial charge in [-0.25, -0.2) is 4.39 Å². The maximum atomic E-state index is 14.3. The van der Waals surface area contributed by atoms with E-state index in [4.69, 9.17) is 9.47 Å². The zero-order chi connectivity index (χ0) is 21.1. The monoisotopic (exact) mass is 405 g/mol. The fraction of sp³-hybridized carbons (Fsp3) is 0.381. The number of rotatable bonds is 5. The molecule has 0 bridgehead atoms. The maximum absolute atomic E-state index is 14.3. The first-order valence-corrected chi connectivity index (χ1v) is 9.22. The second-order valence-electron chi connectivity index (χ2n) is 6.91. The molecule has 1 heterocycles. The molecule has 0 unspecified atom stereocenters. The lowest BCUT2D eigenvalue weighted by atomic mass is 9.99. The van der Waals surface area contributed by atoms with E-state index in [2.05, 4.69) is 5.32 Å². The normalized spacial score (nSPS) is 26.8. The van der Waals surface area contributed by atoms with Crippen molar-refractivity contribution >= 4 is 5.91 Å². The van der Waals surface area contributed by atoms with Crippen LogP contribution in [-0.4, -0.2) is 65.7 Å². The van der Waals surface area contributed by atoms with Crippen LogP contribution in [0.1, 0.15) is 15.9 Å². The molecule has 4 N–H and O–H groups in total. The number of aliphatic hydroxyl groups excluding tert-OH is 3. The average molecular weight is 405 g/mol. The van der Waals surface area contributed by atoms with Gasteiger partial charge in [0, 0.05) is 12.6 Å². The fourth-order valence-electron chi connectivity index (χ4n) is 3.21. The summed E-state index contributed by atoms with van der Waals surface area (Å²) < 4.78 is 25.2. The molecule has 1 aliphatic heterocycles. The Hall–Kier alpha value is -2.52. The predicted octanol–water partition coefficient (Wildman–Crippen LogP) is 1.18. The van der Waals surface area contributed by atoms with Gasteiger partial charge in [-0.1, -0.05) is 18.2 Å². The van der Waals surface area contributed by atoms with Crippen LogP contribution in [0.5, 0.6) is 5.75 Å². The lowest BCUT2D eigenvalue weighted by molar-refractivity contribution is -0.262. The van der Waals surface area contributed by atoms with Crippen LogP contribution in [0.15, 0.2) is 42.5 Å². The van der Waals surface area contributed by atoms with Crippen LogP contribution >= 0.6 is 0 Å². The van der Waals surface area contributed by atoms with Crippen molar-refractivity contribution in [2.45, 2.75) is 37.7 Å². The van der Waals surface area contributed by atoms with Gasteiger partial charge < -0.3 is 30.1 Å². The molecule has 3 rings (SSSR count). The summed E-state index contributed by atoms with van der Waals surface area (Å²) in [6, 6.07) is 12.3. The van der Waals surface area contributed by atoms with E-state index in [9.17, 15) is 24.5 Å². The van der Waals surface area contributed by atoms with Crippen LogP contribution in [0.25, 0.3) is 11.1 Å². The summed E-state index contributed by atoms with van der Waals surface area (Å²) in [4.78, 5) is 11.8. The predicted molar refractivity (Wildman–Crippen MR) is 103 cm³/mol. The van der Waals surface area contributed by atoms with Gasteiger partial charge in [0.25, 0.3) is 5.91 Å². The van der Waals surface area contributed by atoms with Crippen molar-refractivity contribution in [3.05, 3.63) is 53.6 Å². The molecule has 0 aliphatic carbocycles. The minimum Gasteiger partial charge on any atom is -0.461 e. The summed E-state index contributed by atoms with van der Waals surface area (Å²) in [6.07, 6.45) is -7.85. The molecule has 2 aromatic rings. The van der Waals surface area contributed by atoms with Crippen molar-refractivity contribution in [3.8, 4) is 16.9 Å². The van der Waals surface area contributed by atoms with Crippen LogP contribution in [0.3, 0.4) is 0 Å². The Labute approximate surface area is 167 Å². The molecule has 29 heavy (non-hydrogen) atoms. The Balaban J connectivity index is 1.81. The number of hydrogen-bond acceptors (Lipinski definition) is 6. The van der Waals surface area contributed by atoms with E-state index in [0.717, 1.165) is 11.1 Å². The number of aryl methyl sites for hydroxylation is 1. The van der Waals surface area contributed by atoms with Gasteiger partial charge in [0.05, 0.1) is 6.61 Å². The maximum Gasteiger partial charge on any atom is 0.251 e. The van der Waals surface area contributed by atoms with E-state index in [1.807, 2.05) is 12.1 Å². The Morgan fingerprint density at radius 1 is 1.17 bits per heavy atom. The molecule has 1 amide bonds. The fourth-order valence-corrected chi connectivity index (χ4v) is 3.21. The molecule has 5 atom stereocenters. The Kier molecular flexibility index (Phi) is 6.49. The number of ether oxygens (including phenoxy) is 2. The Morgan fingerprint density at radius 3 is 2.55 bits per heavy atom. The van der Waals surface area contributed by atoms with Crippen LogP contribution in [0.2, 0.25) is 0 Å². The molecule has 1 saturated heterocycles. The molecule has 0 spiro atoms.